The number of amides is 1. The number of imidazole rings is 1. The Kier molecular flexibility index (Phi) is 4.82. The van der Waals surface area contributed by atoms with Gasteiger partial charge >= 0.3 is 0 Å². The number of quaternary nitrogens is 1. The molecule has 3 rings (SSSR count). The van der Waals surface area contributed by atoms with Crippen LogP contribution in [-0.4, -0.2) is 38.8 Å². The molecule has 136 valence electrons. The smallest absolute Gasteiger partial charge is 0.257 e. The van der Waals surface area contributed by atoms with Crippen LogP contribution >= 0.6 is 11.6 Å². The molecule has 1 saturated heterocycles. The van der Waals surface area contributed by atoms with Crippen LogP contribution in [0.5, 0.6) is 0 Å². The Balaban J connectivity index is 1.92. The number of aromatic nitrogens is 2. The third kappa shape index (κ3) is 3.15. The number of carbonyl (C=O) groups excluding carboxylic acids is 1. The summed E-state index contributed by atoms with van der Waals surface area (Å²) in [6.07, 6.45) is 0.932. The number of piperidine rings is 1. The fraction of sp³-hybridized carbons (Fsp3) is 0.579. The highest BCUT2D eigenvalue weighted by atomic mass is 35.5. The number of benzene rings is 1. The van der Waals surface area contributed by atoms with Crippen molar-refractivity contribution in [2.75, 3.05) is 13.1 Å². The predicted octanol–water partition coefficient (Wildman–Crippen LogP) is 3.14. The molecule has 25 heavy (non-hydrogen) atoms. The lowest BCUT2D eigenvalue weighted by Crippen LogP contribution is -2.70. The molecule has 0 radical (unpaired) electrons. The van der Waals surface area contributed by atoms with E-state index >= 15 is 0 Å². The van der Waals surface area contributed by atoms with Gasteiger partial charge in [0.05, 0.1) is 35.5 Å². The number of fused-ring (bicyclic) bond motifs is 1. The molecular formula is C19H26ClN3O2. The normalized spacial score (nSPS) is 24.6. The zero-order valence-electron chi connectivity index (χ0n) is 15.2. The van der Waals surface area contributed by atoms with Crippen LogP contribution < -0.4 is 5.11 Å². The van der Waals surface area contributed by atoms with E-state index in [1.165, 1.54) is 0 Å². The zero-order chi connectivity index (χ0) is 18.2. The summed E-state index contributed by atoms with van der Waals surface area (Å²) >= 11 is 6.11. The highest BCUT2D eigenvalue weighted by Crippen LogP contribution is 2.34. The third-order valence-corrected chi connectivity index (χ3v) is 5.89. The van der Waals surface area contributed by atoms with Crippen molar-refractivity contribution in [3.8, 4) is 0 Å². The maximum Gasteiger partial charge on any atom is 0.257 e. The Morgan fingerprint density at radius 2 is 2.12 bits per heavy atom. The van der Waals surface area contributed by atoms with Crippen molar-refractivity contribution in [1.29, 1.82) is 0 Å². The van der Waals surface area contributed by atoms with Crippen molar-refractivity contribution < 1.29 is 14.4 Å². The van der Waals surface area contributed by atoms with Gasteiger partial charge in [0, 0.05) is 12.5 Å². The molecule has 2 aromatic rings. The SMILES string of the molecule is CC(C)(C)[N+]1(C(=O)[O-])CCC[C@H](Cn2c(CCl)nc3ccccc32)C1. The second-order valence-electron chi connectivity index (χ2n) is 8.08. The summed E-state index contributed by atoms with van der Waals surface area (Å²) in [5.74, 6) is 1.45. The Labute approximate surface area is 153 Å². The lowest BCUT2D eigenvalue weighted by molar-refractivity contribution is -0.927. The van der Waals surface area contributed by atoms with Crippen LogP contribution in [0, 0.1) is 5.92 Å². The Hall–Kier alpha value is -1.59. The van der Waals surface area contributed by atoms with E-state index in [-0.39, 0.29) is 15.9 Å². The third-order valence-electron chi connectivity index (χ3n) is 5.65. The molecular weight excluding hydrogens is 338 g/mol. The van der Waals surface area contributed by atoms with E-state index in [2.05, 4.69) is 9.55 Å². The quantitative estimate of drug-likeness (QED) is 0.621. The summed E-state index contributed by atoms with van der Waals surface area (Å²) in [6.45, 7) is 7.92. The summed E-state index contributed by atoms with van der Waals surface area (Å²) in [5, 5.41) is 12.0. The van der Waals surface area contributed by atoms with Gasteiger partial charge < -0.3 is 14.5 Å². The van der Waals surface area contributed by atoms with Gasteiger partial charge in [-0.1, -0.05) is 12.1 Å². The lowest BCUT2D eigenvalue weighted by Gasteiger charge is -2.52. The second kappa shape index (κ2) is 6.61. The minimum atomic E-state index is -0.967. The molecule has 1 amide bonds. The van der Waals surface area contributed by atoms with Crippen molar-refractivity contribution in [1.82, 2.24) is 9.55 Å². The summed E-state index contributed by atoms with van der Waals surface area (Å²) < 4.78 is 2.17. The fourth-order valence-corrected chi connectivity index (χ4v) is 4.36. The van der Waals surface area contributed by atoms with Gasteiger partial charge in [-0.25, -0.2) is 4.98 Å². The summed E-state index contributed by atoms with van der Waals surface area (Å²) in [5.41, 5.74) is 1.61. The summed E-state index contributed by atoms with van der Waals surface area (Å²) in [4.78, 5) is 16.6. The number of para-hydroxylation sites is 2. The van der Waals surface area contributed by atoms with Crippen LogP contribution in [0.2, 0.25) is 0 Å². The van der Waals surface area contributed by atoms with E-state index in [1.54, 1.807) is 0 Å². The Bertz CT molecular complexity index is 781. The zero-order valence-corrected chi connectivity index (χ0v) is 15.9. The van der Waals surface area contributed by atoms with Crippen LogP contribution in [0.25, 0.3) is 11.0 Å². The number of nitrogens with zero attached hydrogens (tertiary/aromatic N) is 3. The van der Waals surface area contributed by atoms with E-state index in [4.69, 9.17) is 11.6 Å². The van der Waals surface area contributed by atoms with Crippen molar-refractivity contribution in [2.24, 2.45) is 5.92 Å². The summed E-state index contributed by atoms with van der Waals surface area (Å²) in [7, 11) is 0. The van der Waals surface area contributed by atoms with E-state index in [1.807, 2.05) is 45.0 Å². The standard InChI is InChI=1S/C19H26ClN3O2/c1-19(2,3)23(18(24)25)10-6-7-14(13-23)12-22-16-9-5-4-8-15(16)21-17(22)11-20/h4-5,8-9,14H,6-7,10-13H2,1-3H3/t14-,23?/m1/s1. The first-order valence-electron chi connectivity index (χ1n) is 8.87. The van der Waals surface area contributed by atoms with E-state index in [0.29, 0.717) is 19.0 Å². The number of halogens is 1. The van der Waals surface area contributed by atoms with E-state index in [0.717, 1.165) is 36.2 Å². The second-order valence-corrected chi connectivity index (χ2v) is 8.35. The topological polar surface area (TPSA) is 57.9 Å². The number of alkyl halides is 1. The van der Waals surface area contributed by atoms with Crippen LogP contribution in [0.15, 0.2) is 24.3 Å². The number of hydrogen-bond acceptors (Lipinski definition) is 3. The minimum Gasteiger partial charge on any atom is -0.498 e. The predicted molar refractivity (Wildman–Crippen MR) is 97.2 cm³/mol. The molecule has 1 unspecified atom stereocenters. The lowest BCUT2D eigenvalue weighted by atomic mass is 9.89. The molecule has 5 nitrogen and oxygen atoms in total. The molecule has 2 heterocycles. The van der Waals surface area contributed by atoms with E-state index in [9.17, 15) is 9.90 Å². The molecule has 0 aliphatic carbocycles. The molecule has 0 N–H and O–H groups in total. The number of carboxylic acid groups (broad SMARTS) is 1. The fourth-order valence-electron chi connectivity index (χ4n) is 4.16. The first kappa shape index (κ1) is 18.2. The van der Waals surface area contributed by atoms with Gasteiger partial charge in [-0.15, -0.1) is 11.6 Å². The minimum absolute atomic E-state index is 0.0144. The molecule has 2 atom stereocenters. The molecule has 0 saturated carbocycles. The van der Waals surface area contributed by atoms with Gasteiger partial charge in [0.15, 0.2) is 0 Å². The molecule has 1 aliphatic rings. The number of rotatable bonds is 3. The van der Waals surface area contributed by atoms with Crippen molar-refractivity contribution in [3.63, 3.8) is 0 Å². The number of carbonyl (C=O) groups is 1. The largest absolute Gasteiger partial charge is 0.498 e. The van der Waals surface area contributed by atoms with Gasteiger partial charge in [0.1, 0.15) is 5.82 Å². The first-order valence-corrected chi connectivity index (χ1v) is 9.41. The molecule has 1 aliphatic heterocycles. The molecule has 6 heteroatoms. The first-order chi connectivity index (χ1) is 11.8. The Morgan fingerprint density at radius 3 is 2.76 bits per heavy atom. The van der Waals surface area contributed by atoms with Crippen molar-refractivity contribution in [3.05, 3.63) is 30.1 Å². The van der Waals surface area contributed by atoms with Gasteiger partial charge in [-0.3, -0.25) is 4.48 Å². The molecule has 1 aromatic heterocycles. The van der Waals surface area contributed by atoms with Gasteiger partial charge in [-0.05, 0) is 45.7 Å². The highest BCUT2D eigenvalue weighted by molar-refractivity contribution is 6.16. The monoisotopic (exact) mass is 363 g/mol. The van der Waals surface area contributed by atoms with Gasteiger partial charge in [0.25, 0.3) is 6.09 Å². The number of likely N-dealkylation sites (tertiary alicyclic amines) is 1. The van der Waals surface area contributed by atoms with Crippen LogP contribution in [-0.2, 0) is 12.4 Å². The average molecular weight is 364 g/mol. The number of hydrogen-bond donors (Lipinski definition) is 0. The summed E-state index contributed by atoms with van der Waals surface area (Å²) in [6, 6.07) is 8.00. The Morgan fingerprint density at radius 1 is 1.40 bits per heavy atom. The van der Waals surface area contributed by atoms with Crippen molar-refractivity contribution in [2.45, 2.75) is 51.6 Å². The van der Waals surface area contributed by atoms with Crippen LogP contribution in [0.4, 0.5) is 4.79 Å². The highest BCUT2D eigenvalue weighted by Gasteiger charge is 2.46. The van der Waals surface area contributed by atoms with Crippen LogP contribution in [0.1, 0.15) is 39.4 Å². The van der Waals surface area contributed by atoms with E-state index < -0.39 is 6.09 Å². The molecule has 1 fully saturated rings. The maximum atomic E-state index is 12.0. The molecule has 1 aromatic carbocycles. The van der Waals surface area contributed by atoms with Gasteiger partial charge in [0.2, 0.25) is 0 Å². The maximum absolute atomic E-state index is 12.0. The van der Waals surface area contributed by atoms with Crippen molar-refractivity contribution >= 4 is 28.7 Å². The van der Waals surface area contributed by atoms with Crippen LogP contribution in [0.3, 0.4) is 0 Å². The molecule has 0 spiro atoms. The van der Waals surface area contributed by atoms with Gasteiger partial charge in [-0.2, -0.15) is 0 Å². The molecule has 0 bridgehead atoms. The average Bonchev–Trinajstić information content (AvgIpc) is 2.92.